The van der Waals surface area contributed by atoms with Gasteiger partial charge in [-0.2, -0.15) is 0 Å². The standard InChI is InChI=1S/C27H35N3O8/c1-9-38-27(34)21-14(2)19(15(3)28-21)23(31)20-22(30(11-10-29(4)5)26(33)24(20)32)16-12-17(35-6)25(37-8)18(13-16)36-7/h12-13,22,28,31H,9-11H2,1-8H3/t22-/m0/s1. The van der Waals surface area contributed by atoms with E-state index in [2.05, 4.69) is 4.98 Å². The van der Waals surface area contributed by atoms with Gasteiger partial charge in [-0.15, -0.1) is 0 Å². The van der Waals surface area contributed by atoms with Gasteiger partial charge in [0.05, 0.1) is 39.6 Å². The van der Waals surface area contributed by atoms with Gasteiger partial charge in [0.25, 0.3) is 11.7 Å². The van der Waals surface area contributed by atoms with Crippen molar-refractivity contribution in [1.82, 2.24) is 14.8 Å². The number of carbonyl (C=O) groups is 3. The Bertz CT molecular complexity index is 1250. The molecule has 2 N–H and O–H groups in total. The summed E-state index contributed by atoms with van der Waals surface area (Å²) in [6, 6.07) is 2.34. The van der Waals surface area contributed by atoms with Crippen LogP contribution in [0.5, 0.6) is 17.2 Å². The number of amides is 1. The number of Topliss-reactive ketones (excluding diaryl/α,β-unsaturated/α-hetero) is 1. The molecule has 38 heavy (non-hydrogen) atoms. The molecule has 3 rings (SSSR count). The number of carbonyl (C=O) groups excluding carboxylic acids is 3. The van der Waals surface area contributed by atoms with Crippen molar-refractivity contribution in [2.24, 2.45) is 0 Å². The number of hydrogen-bond donors (Lipinski definition) is 2. The number of methoxy groups -OCH3 is 3. The summed E-state index contributed by atoms with van der Waals surface area (Å²) in [4.78, 5) is 45.4. The predicted molar refractivity (Wildman–Crippen MR) is 140 cm³/mol. The summed E-state index contributed by atoms with van der Waals surface area (Å²) < 4.78 is 21.5. The number of H-pyrrole nitrogens is 1. The summed E-state index contributed by atoms with van der Waals surface area (Å²) in [6.45, 7) is 5.87. The highest BCUT2D eigenvalue weighted by Gasteiger charge is 2.47. The highest BCUT2D eigenvalue weighted by atomic mass is 16.5. The minimum atomic E-state index is -0.955. The van der Waals surface area contributed by atoms with Crippen molar-refractivity contribution in [1.29, 1.82) is 0 Å². The first-order valence-electron chi connectivity index (χ1n) is 12.1. The Morgan fingerprint density at radius 3 is 2.18 bits per heavy atom. The van der Waals surface area contributed by atoms with Gasteiger partial charge in [0.15, 0.2) is 11.5 Å². The van der Waals surface area contributed by atoms with Crippen molar-refractivity contribution >= 4 is 23.4 Å². The van der Waals surface area contributed by atoms with E-state index in [1.807, 2.05) is 19.0 Å². The summed E-state index contributed by atoms with van der Waals surface area (Å²) in [7, 11) is 8.12. The number of esters is 1. The number of aliphatic hydroxyl groups excluding tert-OH is 1. The van der Waals surface area contributed by atoms with Gasteiger partial charge in [-0.1, -0.05) is 0 Å². The molecule has 1 saturated heterocycles. The van der Waals surface area contributed by atoms with Gasteiger partial charge in [-0.05, 0) is 58.1 Å². The molecule has 1 aromatic carbocycles. The van der Waals surface area contributed by atoms with Crippen LogP contribution in [0.1, 0.15) is 45.8 Å². The number of nitrogens with one attached hydrogen (secondary N) is 1. The summed E-state index contributed by atoms with van der Waals surface area (Å²) in [5.41, 5.74) is 1.65. The Morgan fingerprint density at radius 2 is 1.68 bits per heavy atom. The molecule has 2 heterocycles. The average molecular weight is 530 g/mol. The highest BCUT2D eigenvalue weighted by Crippen LogP contribution is 2.46. The molecule has 0 spiro atoms. The van der Waals surface area contributed by atoms with Crippen LogP contribution in [0.25, 0.3) is 5.76 Å². The van der Waals surface area contributed by atoms with Gasteiger partial charge >= 0.3 is 5.97 Å². The van der Waals surface area contributed by atoms with Crippen LogP contribution in [0.2, 0.25) is 0 Å². The van der Waals surface area contributed by atoms with E-state index in [0.717, 1.165) is 0 Å². The number of likely N-dealkylation sites (N-methyl/N-ethyl adjacent to an activating group) is 1. The largest absolute Gasteiger partial charge is 0.507 e. The predicted octanol–water partition coefficient (Wildman–Crippen LogP) is 2.82. The number of aromatic amines is 1. The molecule has 1 aliphatic rings. The van der Waals surface area contributed by atoms with Gasteiger partial charge < -0.3 is 38.8 Å². The van der Waals surface area contributed by atoms with Crippen molar-refractivity contribution < 1.29 is 38.4 Å². The lowest BCUT2D eigenvalue weighted by atomic mass is 9.93. The highest BCUT2D eigenvalue weighted by molar-refractivity contribution is 6.46. The van der Waals surface area contributed by atoms with Crippen LogP contribution in [0.4, 0.5) is 0 Å². The fourth-order valence-corrected chi connectivity index (χ4v) is 4.67. The summed E-state index contributed by atoms with van der Waals surface area (Å²) in [5.74, 6) is -1.55. The molecule has 1 atom stereocenters. The van der Waals surface area contributed by atoms with Gasteiger partial charge in [0, 0.05) is 24.3 Å². The minimum absolute atomic E-state index is 0.108. The Balaban J connectivity index is 2.30. The number of aromatic nitrogens is 1. The summed E-state index contributed by atoms with van der Waals surface area (Å²) in [6.07, 6.45) is 0. The van der Waals surface area contributed by atoms with Gasteiger partial charge in [0.1, 0.15) is 11.5 Å². The quantitative estimate of drug-likeness (QED) is 0.206. The Hall–Kier alpha value is -3.99. The molecule has 2 aromatic rings. The maximum Gasteiger partial charge on any atom is 0.355 e. The number of hydrogen-bond acceptors (Lipinski definition) is 9. The molecule has 0 unspecified atom stereocenters. The van der Waals surface area contributed by atoms with Crippen LogP contribution < -0.4 is 14.2 Å². The molecule has 1 amide bonds. The number of aliphatic hydroxyl groups is 1. The average Bonchev–Trinajstić information content (AvgIpc) is 3.33. The summed E-state index contributed by atoms with van der Waals surface area (Å²) in [5, 5.41) is 11.6. The molecular formula is C27H35N3O8. The van der Waals surface area contributed by atoms with Crippen molar-refractivity contribution in [2.45, 2.75) is 26.8 Å². The molecular weight excluding hydrogens is 494 g/mol. The molecule has 0 aliphatic carbocycles. The number of nitrogens with zero attached hydrogens (tertiary/aromatic N) is 2. The Kier molecular flexibility index (Phi) is 8.72. The fraction of sp³-hybridized carbons (Fsp3) is 0.444. The third-order valence-corrected chi connectivity index (χ3v) is 6.48. The van der Waals surface area contributed by atoms with E-state index in [1.54, 1.807) is 32.9 Å². The first-order valence-corrected chi connectivity index (χ1v) is 12.1. The lowest BCUT2D eigenvalue weighted by molar-refractivity contribution is -0.140. The molecule has 0 radical (unpaired) electrons. The number of ketones is 1. The van der Waals surface area contributed by atoms with E-state index in [-0.39, 0.29) is 30.0 Å². The molecule has 1 fully saturated rings. The molecule has 11 heteroatoms. The number of ether oxygens (including phenoxy) is 4. The van der Waals surface area contributed by atoms with E-state index < -0.39 is 29.5 Å². The van der Waals surface area contributed by atoms with Crippen molar-refractivity contribution in [3.63, 3.8) is 0 Å². The lowest BCUT2D eigenvalue weighted by Gasteiger charge is -2.27. The normalized spacial score (nSPS) is 16.8. The molecule has 0 saturated carbocycles. The van der Waals surface area contributed by atoms with Crippen LogP contribution in [0, 0.1) is 13.8 Å². The maximum absolute atomic E-state index is 13.4. The van der Waals surface area contributed by atoms with Gasteiger partial charge in [-0.3, -0.25) is 9.59 Å². The van der Waals surface area contributed by atoms with Crippen LogP contribution in [0.15, 0.2) is 17.7 Å². The second-order valence-electron chi connectivity index (χ2n) is 9.10. The Labute approximate surface area is 221 Å². The van der Waals surface area contributed by atoms with E-state index in [0.29, 0.717) is 40.6 Å². The van der Waals surface area contributed by atoms with Crippen molar-refractivity contribution in [2.75, 3.05) is 55.1 Å². The van der Waals surface area contributed by atoms with E-state index in [9.17, 15) is 19.5 Å². The Morgan fingerprint density at radius 1 is 1.08 bits per heavy atom. The number of benzene rings is 1. The number of aryl methyl sites for hydroxylation is 1. The van der Waals surface area contributed by atoms with Crippen LogP contribution in [0.3, 0.4) is 0 Å². The summed E-state index contributed by atoms with van der Waals surface area (Å²) >= 11 is 0. The second kappa shape index (κ2) is 11.6. The third-order valence-electron chi connectivity index (χ3n) is 6.48. The molecule has 11 nitrogen and oxygen atoms in total. The van der Waals surface area contributed by atoms with Gasteiger partial charge in [-0.25, -0.2) is 4.79 Å². The molecule has 1 aromatic heterocycles. The SMILES string of the molecule is CCOC(=O)c1[nH]c(C)c(C(O)=C2C(=O)C(=O)N(CCN(C)C)[C@H]2c2cc(OC)c(OC)c(OC)c2)c1C. The smallest absolute Gasteiger partial charge is 0.355 e. The van der Waals surface area contributed by atoms with Crippen LogP contribution in [-0.2, 0) is 14.3 Å². The zero-order valence-corrected chi connectivity index (χ0v) is 23.1. The van der Waals surface area contributed by atoms with Gasteiger partial charge in [0.2, 0.25) is 5.75 Å². The van der Waals surface area contributed by atoms with Crippen LogP contribution in [-0.4, -0.2) is 92.7 Å². The lowest BCUT2D eigenvalue weighted by Crippen LogP contribution is -2.35. The first-order chi connectivity index (χ1) is 18.0. The zero-order chi connectivity index (χ0) is 28.3. The third kappa shape index (κ3) is 5.06. The van der Waals surface area contributed by atoms with E-state index in [4.69, 9.17) is 18.9 Å². The topological polar surface area (TPSA) is 131 Å². The fourth-order valence-electron chi connectivity index (χ4n) is 4.67. The monoisotopic (exact) mass is 529 g/mol. The van der Waals surface area contributed by atoms with Crippen LogP contribution >= 0.6 is 0 Å². The number of likely N-dealkylation sites (tertiary alicyclic amines) is 1. The molecule has 1 aliphatic heterocycles. The van der Waals surface area contributed by atoms with E-state index in [1.165, 1.54) is 26.2 Å². The van der Waals surface area contributed by atoms with Crippen molar-refractivity contribution in [3.05, 3.63) is 45.8 Å². The maximum atomic E-state index is 13.4. The van der Waals surface area contributed by atoms with E-state index >= 15 is 0 Å². The molecule has 0 bridgehead atoms. The zero-order valence-electron chi connectivity index (χ0n) is 23.1. The molecule has 206 valence electrons. The second-order valence-corrected chi connectivity index (χ2v) is 9.10. The number of rotatable bonds is 10. The first kappa shape index (κ1) is 28.6. The van der Waals surface area contributed by atoms with Crippen molar-refractivity contribution in [3.8, 4) is 17.2 Å². The minimum Gasteiger partial charge on any atom is -0.507 e.